The Morgan fingerprint density at radius 1 is 0.833 bits per heavy atom. The van der Waals surface area contributed by atoms with Gasteiger partial charge in [0.15, 0.2) is 5.76 Å². The van der Waals surface area contributed by atoms with Crippen LogP contribution in [-0.2, 0) is 0 Å². The molecule has 1 heterocycles. The summed E-state index contributed by atoms with van der Waals surface area (Å²) in [4.78, 5) is 4.32. The molecule has 0 saturated heterocycles. The molecule has 0 saturated carbocycles. The molecule has 1 aromatic heterocycles. The minimum absolute atomic E-state index is 0.658. The summed E-state index contributed by atoms with van der Waals surface area (Å²) in [5, 5.41) is 0. The zero-order chi connectivity index (χ0) is 12.4. The normalized spacial score (nSPS) is 10.5. The Balaban J connectivity index is 1.97. The predicted molar refractivity (Wildman–Crippen MR) is 72.1 cm³/mol. The molecule has 0 atom stereocenters. The smallest absolute Gasteiger partial charge is 0.226 e. The zero-order valence-corrected chi connectivity index (χ0v) is 10.1. The molecule has 0 aliphatic carbocycles. The van der Waals surface area contributed by atoms with Crippen molar-refractivity contribution < 1.29 is 4.42 Å². The third-order valence-corrected chi connectivity index (χ3v) is 2.86. The lowest BCUT2D eigenvalue weighted by molar-refractivity contribution is 0.589. The highest BCUT2D eigenvalue weighted by Gasteiger charge is 2.07. The van der Waals surface area contributed by atoms with E-state index in [1.807, 2.05) is 42.5 Å². The van der Waals surface area contributed by atoms with Crippen LogP contribution in [0.5, 0.6) is 0 Å². The minimum Gasteiger partial charge on any atom is -0.436 e. The van der Waals surface area contributed by atoms with Gasteiger partial charge < -0.3 is 4.42 Å². The van der Waals surface area contributed by atoms with Crippen LogP contribution >= 0.6 is 0 Å². The van der Waals surface area contributed by atoms with E-state index in [0.29, 0.717) is 5.89 Å². The highest BCUT2D eigenvalue weighted by Crippen LogP contribution is 2.25. The number of aryl methyl sites for hydroxylation is 1. The summed E-state index contributed by atoms with van der Waals surface area (Å²) >= 11 is 0. The van der Waals surface area contributed by atoms with Gasteiger partial charge in [-0.2, -0.15) is 0 Å². The average molecular weight is 235 g/mol. The molecule has 0 spiro atoms. The lowest BCUT2D eigenvalue weighted by Crippen LogP contribution is -1.75. The molecule has 3 rings (SSSR count). The van der Waals surface area contributed by atoms with Crippen molar-refractivity contribution >= 4 is 0 Å². The second-order valence-electron chi connectivity index (χ2n) is 4.26. The first kappa shape index (κ1) is 10.8. The van der Waals surface area contributed by atoms with Gasteiger partial charge in [0.1, 0.15) is 0 Å². The molecule has 18 heavy (non-hydrogen) atoms. The van der Waals surface area contributed by atoms with Crippen molar-refractivity contribution in [3.63, 3.8) is 0 Å². The van der Waals surface area contributed by atoms with Crippen LogP contribution in [0.4, 0.5) is 0 Å². The monoisotopic (exact) mass is 235 g/mol. The van der Waals surface area contributed by atoms with Crippen LogP contribution in [0.2, 0.25) is 0 Å². The zero-order valence-electron chi connectivity index (χ0n) is 10.1. The van der Waals surface area contributed by atoms with E-state index in [4.69, 9.17) is 4.42 Å². The lowest BCUT2D eigenvalue weighted by atomic mass is 10.1. The van der Waals surface area contributed by atoms with E-state index >= 15 is 0 Å². The molecule has 0 amide bonds. The average Bonchev–Trinajstić information content (AvgIpc) is 2.90. The van der Waals surface area contributed by atoms with E-state index in [9.17, 15) is 0 Å². The Morgan fingerprint density at radius 2 is 1.56 bits per heavy atom. The Labute approximate surface area is 106 Å². The van der Waals surface area contributed by atoms with Crippen molar-refractivity contribution in [2.75, 3.05) is 0 Å². The Kier molecular flexibility index (Phi) is 2.69. The summed E-state index contributed by atoms with van der Waals surface area (Å²) < 4.78 is 5.78. The summed E-state index contributed by atoms with van der Waals surface area (Å²) in [6.45, 7) is 2.07. The maximum absolute atomic E-state index is 5.78. The number of hydrogen-bond donors (Lipinski definition) is 0. The molecule has 0 aliphatic rings. The number of nitrogens with zero attached hydrogens (tertiary/aromatic N) is 1. The molecular weight excluding hydrogens is 222 g/mol. The molecule has 0 bridgehead atoms. The fraction of sp³-hybridized carbons (Fsp3) is 0.0625. The standard InChI is InChI=1S/C16H13NO/c1-12-7-9-13(10-8-12)15-11-17-16(18-15)14-5-3-2-4-6-14/h2-11H,1H3. The van der Waals surface area contributed by atoms with Gasteiger partial charge in [-0.25, -0.2) is 4.98 Å². The van der Waals surface area contributed by atoms with E-state index in [2.05, 4.69) is 24.0 Å². The van der Waals surface area contributed by atoms with Gasteiger partial charge >= 0.3 is 0 Å². The molecule has 88 valence electrons. The summed E-state index contributed by atoms with van der Waals surface area (Å²) in [6.07, 6.45) is 1.77. The van der Waals surface area contributed by atoms with Crippen molar-refractivity contribution in [1.82, 2.24) is 4.98 Å². The van der Waals surface area contributed by atoms with Crippen molar-refractivity contribution in [1.29, 1.82) is 0 Å². The molecule has 2 aromatic carbocycles. The lowest BCUT2D eigenvalue weighted by Gasteiger charge is -1.97. The number of rotatable bonds is 2. The highest BCUT2D eigenvalue weighted by molar-refractivity contribution is 5.61. The van der Waals surface area contributed by atoms with Gasteiger partial charge in [-0.1, -0.05) is 48.0 Å². The second-order valence-corrected chi connectivity index (χ2v) is 4.26. The number of aromatic nitrogens is 1. The molecule has 0 radical (unpaired) electrons. The van der Waals surface area contributed by atoms with E-state index < -0.39 is 0 Å². The van der Waals surface area contributed by atoms with Crippen molar-refractivity contribution in [2.45, 2.75) is 6.92 Å². The second kappa shape index (κ2) is 4.49. The fourth-order valence-electron chi connectivity index (χ4n) is 1.84. The summed E-state index contributed by atoms with van der Waals surface area (Å²) in [7, 11) is 0. The van der Waals surface area contributed by atoms with Crippen molar-refractivity contribution in [3.8, 4) is 22.8 Å². The molecule has 0 aliphatic heterocycles. The highest BCUT2D eigenvalue weighted by atomic mass is 16.4. The van der Waals surface area contributed by atoms with Gasteiger partial charge in [-0.15, -0.1) is 0 Å². The first-order valence-corrected chi connectivity index (χ1v) is 5.91. The van der Waals surface area contributed by atoms with E-state index in [-0.39, 0.29) is 0 Å². The van der Waals surface area contributed by atoms with Crippen LogP contribution in [0.3, 0.4) is 0 Å². The Bertz CT molecular complexity index is 638. The van der Waals surface area contributed by atoms with Gasteiger partial charge in [-0.05, 0) is 19.1 Å². The predicted octanol–water partition coefficient (Wildman–Crippen LogP) is 4.32. The van der Waals surface area contributed by atoms with Crippen molar-refractivity contribution in [3.05, 3.63) is 66.4 Å². The van der Waals surface area contributed by atoms with Crippen LogP contribution in [0, 0.1) is 6.92 Å². The quantitative estimate of drug-likeness (QED) is 0.661. The van der Waals surface area contributed by atoms with Gasteiger partial charge in [0.25, 0.3) is 0 Å². The molecule has 3 aromatic rings. The number of hydrogen-bond acceptors (Lipinski definition) is 2. The van der Waals surface area contributed by atoms with Gasteiger partial charge in [0.2, 0.25) is 5.89 Å². The molecule has 2 heteroatoms. The number of benzene rings is 2. The first-order chi connectivity index (χ1) is 8.83. The van der Waals surface area contributed by atoms with E-state index in [1.54, 1.807) is 6.20 Å². The minimum atomic E-state index is 0.658. The molecule has 2 nitrogen and oxygen atoms in total. The summed E-state index contributed by atoms with van der Waals surface area (Å²) in [5.41, 5.74) is 3.28. The molecule has 0 N–H and O–H groups in total. The Morgan fingerprint density at radius 3 is 2.28 bits per heavy atom. The van der Waals surface area contributed by atoms with Gasteiger partial charge in [-0.3, -0.25) is 0 Å². The number of oxazole rings is 1. The molecule has 0 fully saturated rings. The fourth-order valence-corrected chi connectivity index (χ4v) is 1.84. The molecule has 0 unspecified atom stereocenters. The van der Waals surface area contributed by atoms with Crippen LogP contribution in [0.25, 0.3) is 22.8 Å². The van der Waals surface area contributed by atoms with Crippen LogP contribution in [0.1, 0.15) is 5.56 Å². The first-order valence-electron chi connectivity index (χ1n) is 5.91. The van der Waals surface area contributed by atoms with Crippen LogP contribution in [0.15, 0.2) is 65.2 Å². The third kappa shape index (κ3) is 2.05. The summed E-state index contributed by atoms with van der Waals surface area (Å²) in [6, 6.07) is 18.1. The topological polar surface area (TPSA) is 26.0 Å². The van der Waals surface area contributed by atoms with Crippen molar-refractivity contribution in [2.24, 2.45) is 0 Å². The maximum Gasteiger partial charge on any atom is 0.226 e. The largest absolute Gasteiger partial charge is 0.436 e. The maximum atomic E-state index is 5.78. The van der Waals surface area contributed by atoms with E-state index in [1.165, 1.54) is 5.56 Å². The van der Waals surface area contributed by atoms with Crippen LogP contribution < -0.4 is 0 Å². The summed E-state index contributed by atoms with van der Waals surface area (Å²) in [5.74, 6) is 1.46. The Hall–Kier alpha value is -2.35. The van der Waals surface area contributed by atoms with Crippen LogP contribution in [-0.4, -0.2) is 4.98 Å². The van der Waals surface area contributed by atoms with Gasteiger partial charge in [0, 0.05) is 11.1 Å². The molecular formula is C16H13NO. The van der Waals surface area contributed by atoms with E-state index in [0.717, 1.165) is 16.9 Å². The third-order valence-electron chi connectivity index (χ3n) is 2.86. The SMILES string of the molecule is Cc1ccc(-c2cnc(-c3ccccc3)o2)cc1. The van der Waals surface area contributed by atoms with Gasteiger partial charge in [0.05, 0.1) is 6.20 Å².